The first-order valence-corrected chi connectivity index (χ1v) is 6.53. The van der Waals surface area contributed by atoms with Gasteiger partial charge in [0.1, 0.15) is 0 Å². The molecule has 0 aliphatic heterocycles. The Morgan fingerprint density at radius 2 is 2.12 bits per heavy atom. The van der Waals surface area contributed by atoms with Gasteiger partial charge in [-0.1, -0.05) is 19.9 Å². The third-order valence-electron chi connectivity index (χ3n) is 2.62. The van der Waals surface area contributed by atoms with E-state index in [0.717, 1.165) is 22.2 Å². The molecular formula is C13H17N3S. The van der Waals surface area contributed by atoms with Gasteiger partial charge in [0, 0.05) is 16.8 Å². The van der Waals surface area contributed by atoms with E-state index < -0.39 is 0 Å². The van der Waals surface area contributed by atoms with Gasteiger partial charge in [0.2, 0.25) is 0 Å². The molecule has 17 heavy (non-hydrogen) atoms. The van der Waals surface area contributed by atoms with Gasteiger partial charge in [-0.05, 0) is 30.5 Å². The molecular weight excluding hydrogens is 230 g/mol. The third-order valence-corrected chi connectivity index (χ3v) is 3.39. The maximum absolute atomic E-state index is 5.78. The second-order valence-corrected chi connectivity index (χ2v) is 5.29. The minimum Gasteiger partial charge on any atom is -0.399 e. The number of hydrogen-bond donors (Lipinski definition) is 2. The second-order valence-electron chi connectivity index (χ2n) is 4.43. The van der Waals surface area contributed by atoms with Crippen LogP contribution in [0.2, 0.25) is 0 Å². The molecule has 2 aromatic rings. The molecule has 0 fully saturated rings. The van der Waals surface area contributed by atoms with E-state index in [9.17, 15) is 0 Å². The number of hydrogen-bond acceptors (Lipinski definition) is 4. The predicted molar refractivity (Wildman–Crippen MR) is 75.1 cm³/mol. The summed E-state index contributed by atoms with van der Waals surface area (Å²) in [5, 5.41) is 6.33. The van der Waals surface area contributed by atoms with Gasteiger partial charge in [-0.2, -0.15) is 0 Å². The number of nitrogen functional groups attached to an aromatic ring is 1. The molecule has 3 nitrogen and oxygen atoms in total. The van der Waals surface area contributed by atoms with Crippen LogP contribution < -0.4 is 11.1 Å². The Hall–Kier alpha value is -1.55. The molecule has 0 aliphatic carbocycles. The lowest BCUT2D eigenvalue weighted by molar-refractivity contribution is 0.834. The average molecular weight is 247 g/mol. The molecule has 0 bridgehead atoms. The first kappa shape index (κ1) is 11.9. The quantitative estimate of drug-likeness (QED) is 0.809. The van der Waals surface area contributed by atoms with Crippen LogP contribution in [0.15, 0.2) is 23.6 Å². The second kappa shape index (κ2) is 4.75. The van der Waals surface area contributed by atoms with Gasteiger partial charge in [-0.3, -0.25) is 0 Å². The van der Waals surface area contributed by atoms with E-state index >= 15 is 0 Å². The first-order chi connectivity index (χ1) is 8.06. The van der Waals surface area contributed by atoms with Crippen LogP contribution in [0, 0.1) is 6.92 Å². The molecule has 0 unspecified atom stereocenters. The molecule has 0 atom stereocenters. The lowest BCUT2D eigenvalue weighted by Gasteiger charge is -2.07. The number of aryl methyl sites for hydroxylation is 1. The Morgan fingerprint density at radius 1 is 1.35 bits per heavy atom. The van der Waals surface area contributed by atoms with Crippen LogP contribution in [-0.2, 0) is 0 Å². The van der Waals surface area contributed by atoms with E-state index in [2.05, 4.69) is 36.5 Å². The molecule has 0 amide bonds. The molecule has 1 aromatic heterocycles. The molecule has 90 valence electrons. The lowest BCUT2D eigenvalue weighted by atomic mass is 10.2. The number of benzene rings is 1. The monoisotopic (exact) mass is 247 g/mol. The number of nitrogens with zero attached hydrogens (tertiary/aromatic N) is 1. The normalized spacial score (nSPS) is 10.8. The van der Waals surface area contributed by atoms with E-state index in [0.29, 0.717) is 5.92 Å². The highest BCUT2D eigenvalue weighted by Gasteiger charge is 2.06. The van der Waals surface area contributed by atoms with Crippen LogP contribution in [0.4, 0.5) is 16.5 Å². The fourth-order valence-corrected chi connectivity index (χ4v) is 2.38. The van der Waals surface area contributed by atoms with E-state index in [1.54, 1.807) is 11.3 Å². The topological polar surface area (TPSA) is 50.9 Å². The Morgan fingerprint density at radius 3 is 2.76 bits per heavy atom. The Kier molecular flexibility index (Phi) is 3.33. The molecule has 2 rings (SSSR count). The summed E-state index contributed by atoms with van der Waals surface area (Å²) in [7, 11) is 0. The number of rotatable bonds is 3. The largest absolute Gasteiger partial charge is 0.399 e. The molecule has 0 saturated heterocycles. The molecule has 0 saturated carbocycles. The smallest absolute Gasteiger partial charge is 0.187 e. The van der Waals surface area contributed by atoms with Crippen molar-refractivity contribution in [3.8, 4) is 0 Å². The number of aromatic nitrogens is 1. The highest BCUT2D eigenvalue weighted by molar-refractivity contribution is 7.13. The molecule has 0 radical (unpaired) electrons. The van der Waals surface area contributed by atoms with E-state index in [4.69, 9.17) is 5.73 Å². The van der Waals surface area contributed by atoms with Crippen molar-refractivity contribution in [3.63, 3.8) is 0 Å². The number of nitrogens with two attached hydrogens (primary N) is 1. The van der Waals surface area contributed by atoms with Crippen molar-refractivity contribution in [2.75, 3.05) is 11.1 Å². The maximum Gasteiger partial charge on any atom is 0.187 e. The number of anilines is 3. The summed E-state index contributed by atoms with van der Waals surface area (Å²) in [6.07, 6.45) is 0. The lowest BCUT2D eigenvalue weighted by Crippen LogP contribution is -1.95. The fraction of sp³-hybridized carbons (Fsp3) is 0.308. The van der Waals surface area contributed by atoms with Crippen LogP contribution in [0.5, 0.6) is 0 Å². The standard InChI is InChI=1S/C13H17N3S/c1-8(2)12-7-17-13(16-12)15-11-6-10(14)5-4-9(11)3/h4-8H,14H2,1-3H3,(H,15,16). The predicted octanol–water partition coefficient (Wildman–Crippen LogP) is 3.90. The van der Waals surface area contributed by atoms with Gasteiger partial charge in [-0.15, -0.1) is 11.3 Å². The van der Waals surface area contributed by atoms with Crippen LogP contribution in [0.3, 0.4) is 0 Å². The SMILES string of the molecule is Cc1ccc(N)cc1Nc1nc(C(C)C)cs1. The summed E-state index contributed by atoms with van der Waals surface area (Å²) < 4.78 is 0. The molecule has 0 spiro atoms. The summed E-state index contributed by atoms with van der Waals surface area (Å²) in [6.45, 7) is 6.34. The van der Waals surface area contributed by atoms with Gasteiger partial charge in [0.25, 0.3) is 0 Å². The van der Waals surface area contributed by atoms with Gasteiger partial charge in [0.15, 0.2) is 5.13 Å². The van der Waals surface area contributed by atoms with Crippen molar-refractivity contribution < 1.29 is 0 Å². The summed E-state index contributed by atoms with van der Waals surface area (Å²) in [5.41, 5.74) is 9.85. The maximum atomic E-state index is 5.78. The van der Waals surface area contributed by atoms with Crippen LogP contribution in [-0.4, -0.2) is 4.98 Å². The van der Waals surface area contributed by atoms with Crippen LogP contribution in [0.25, 0.3) is 0 Å². The van der Waals surface area contributed by atoms with E-state index in [-0.39, 0.29) is 0 Å². The van der Waals surface area contributed by atoms with E-state index in [1.807, 2.05) is 18.2 Å². The van der Waals surface area contributed by atoms with Gasteiger partial charge >= 0.3 is 0 Å². The fourth-order valence-electron chi connectivity index (χ4n) is 1.50. The Bertz CT molecular complexity index is 517. The summed E-state index contributed by atoms with van der Waals surface area (Å²) in [4.78, 5) is 4.54. The average Bonchev–Trinajstić information content (AvgIpc) is 2.72. The highest BCUT2D eigenvalue weighted by Crippen LogP contribution is 2.27. The zero-order chi connectivity index (χ0) is 12.4. The zero-order valence-corrected chi connectivity index (χ0v) is 11.1. The van der Waals surface area contributed by atoms with Crippen molar-refractivity contribution in [1.29, 1.82) is 0 Å². The minimum absolute atomic E-state index is 0.462. The Labute approximate surface area is 106 Å². The summed E-state index contributed by atoms with van der Waals surface area (Å²) in [5.74, 6) is 0.462. The van der Waals surface area contributed by atoms with Crippen LogP contribution >= 0.6 is 11.3 Å². The zero-order valence-electron chi connectivity index (χ0n) is 10.3. The highest BCUT2D eigenvalue weighted by atomic mass is 32.1. The molecule has 3 N–H and O–H groups in total. The number of thiazole rings is 1. The van der Waals surface area contributed by atoms with Gasteiger partial charge < -0.3 is 11.1 Å². The summed E-state index contributed by atoms with van der Waals surface area (Å²) >= 11 is 1.62. The minimum atomic E-state index is 0.462. The van der Waals surface area contributed by atoms with Crippen molar-refractivity contribution in [1.82, 2.24) is 4.98 Å². The Balaban J connectivity index is 2.22. The van der Waals surface area contributed by atoms with Crippen molar-refractivity contribution in [2.45, 2.75) is 26.7 Å². The molecule has 1 aromatic carbocycles. The van der Waals surface area contributed by atoms with Crippen molar-refractivity contribution >= 4 is 27.8 Å². The van der Waals surface area contributed by atoms with E-state index in [1.165, 1.54) is 5.56 Å². The van der Waals surface area contributed by atoms with Crippen molar-refractivity contribution in [2.24, 2.45) is 0 Å². The molecule has 0 aliphatic rings. The third kappa shape index (κ3) is 2.77. The summed E-state index contributed by atoms with van der Waals surface area (Å²) in [6, 6.07) is 5.85. The van der Waals surface area contributed by atoms with Crippen molar-refractivity contribution in [3.05, 3.63) is 34.8 Å². The number of nitrogens with one attached hydrogen (secondary N) is 1. The van der Waals surface area contributed by atoms with Gasteiger partial charge in [-0.25, -0.2) is 4.98 Å². The molecule has 4 heteroatoms. The van der Waals surface area contributed by atoms with Gasteiger partial charge in [0.05, 0.1) is 5.69 Å². The first-order valence-electron chi connectivity index (χ1n) is 5.65. The molecule has 1 heterocycles. The van der Waals surface area contributed by atoms with Crippen LogP contribution in [0.1, 0.15) is 31.0 Å².